The largest absolute Gasteiger partial charge is 0.480 e. The lowest BCUT2D eigenvalue weighted by Crippen LogP contribution is -2.44. The standard InChI is InChI=1S/C7H10F3NO5/c8-7(9,10)4(12)1-11(2-5(13)14)3-6(15)16/h4,12H,1-3H2,(H,13,14)(H,15,16). The van der Waals surface area contributed by atoms with Crippen LogP contribution >= 0.6 is 0 Å². The van der Waals surface area contributed by atoms with E-state index in [-0.39, 0.29) is 0 Å². The number of aliphatic carboxylic acids is 2. The molecule has 0 aliphatic rings. The molecule has 16 heavy (non-hydrogen) atoms. The minimum absolute atomic E-state index is 0.475. The fraction of sp³-hybridized carbons (Fsp3) is 0.714. The Kier molecular flexibility index (Phi) is 5.18. The highest BCUT2D eigenvalue weighted by Crippen LogP contribution is 2.20. The zero-order valence-electron chi connectivity index (χ0n) is 7.94. The second-order valence-electron chi connectivity index (χ2n) is 3.01. The van der Waals surface area contributed by atoms with Gasteiger partial charge in [0.1, 0.15) is 0 Å². The summed E-state index contributed by atoms with van der Waals surface area (Å²) < 4.78 is 35.7. The second kappa shape index (κ2) is 5.66. The highest BCUT2D eigenvalue weighted by atomic mass is 19.4. The van der Waals surface area contributed by atoms with Gasteiger partial charge in [-0.2, -0.15) is 13.2 Å². The van der Waals surface area contributed by atoms with E-state index in [1.54, 1.807) is 0 Å². The van der Waals surface area contributed by atoms with E-state index in [0.29, 0.717) is 4.90 Å². The highest BCUT2D eigenvalue weighted by molar-refractivity contribution is 5.72. The molecule has 0 radical (unpaired) electrons. The van der Waals surface area contributed by atoms with Crippen LogP contribution in [0, 0.1) is 0 Å². The predicted molar refractivity (Wildman–Crippen MR) is 43.8 cm³/mol. The van der Waals surface area contributed by atoms with Crippen LogP contribution in [0.4, 0.5) is 13.2 Å². The molecule has 0 rings (SSSR count). The molecule has 0 aromatic carbocycles. The van der Waals surface area contributed by atoms with Crippen LogP contribution in [0.1, 0.15) is 0 Å². The molecule has 0 amide bonds. The number of nitrogens with zero attached hydrogens (tertiary/aromatic N) is 1. The molecule has 0 aromatic heterocycles. The SMILES string of the molecule is O=C(O)CN(CC(=O)O)CC(O)C(F)(F)F. The normalized spacial score (nSPS) is 13.8. The molecule has 0 aliphatic heterocycles. The van der Waals surface area contributed by atoms with E-state index in [4.69, 9.17) is 15.3 Å². The minimum atomic E-state index is -4.91. The summed E-state index contributed by atoms with van der Waals surface area (Å²) in [5.41, 5.74) is 0. The maximum Gasteiger partial charge on any atom is 0.415 e. The lowest BCUT2D eigenvalue weighted by atomic mass is 10.3. The average Bonchev–Trinajstić information content (AvgIpc) is 1.98. The second-order valence-corrected chi connectivity index (χ2v) is 3.01. The van der Waals surface area contributed by atoms with Gasteiger partial charge < -0.3 is 15.3 Å². The monoisotopic (exact) mass is 245 g/mol. The summed E-state index contributed by atoms with van der Waals surface area (Å²) in [5, 5.41) is 25.3. The van der Waals surface area contributed by atoms with Crippen molar-refractivity contribution in [2.24, 2.45) is 0 Å². The molecule has 0 aromatic rings. The van der Waals surface area contributed by atoms with Crippen LogP contribution in [-0.2, 0) is 9.59 Å². The summed E-state index contributed by atoms with van der Waals surface area (Å²) in [5.74, 6) is -2.95. The van der Waals surface area contributed by atoms with Gasteiger partial charge in [-0.1, -0.05) is 0 Å². The number of carboxylic acid groups (broad SMARTS) is 2. The molecular formula is C7H10F3NO5. The number of aliphatic hydroxyl groups excluding tert-OH is 1. The van der Waals surface area contributed by atoms with Gasteiger partial charge in [0.05, 0.1) is 13.1 Å². The van der Waals surface area contributed by atoms with E-state index in [2.05, 4.69) is 0 Å². The van der Waals surface area contributed by atoms with Crippen LogP contribution in [0.3, 0.4) is 0 Å². The third-order valence-electron chi connectivity index (χ3n) is 1.53. The van der Waals surface area contributed by atoms with Gasteiger partial charge in [0.25, 0.3) is 0 Å². The Bertz CT molecular complexity index is 251. The lowest BCUT2D eigenvalue weighted by Gasteiger charge is -2.22. The van der Waals surface area contributed by atoms with Crippen LogP contribution in [0.5, 0.6) is 0 Å². The first kappa shape index (κ1) is 14.6. The Hall–Kier alpha value is -1.35. The molecule has 3 N–H and O–H groups in total. The minimum Gasteiger partial charge on any atom is -0.480 e. The Labute approximate surface area is 87.9 Å². The van der Waals surface area contributed by atoms with Crippen molar-refractivity contribution in [3.63, 3.8) is 0 Å². The van der Waals surface area contributed by atoms with Crippen molar-refractivity contribution in [2.75, 3.05) is 19.6 Å². The predicted octanol–water partition coefficient (Wildman–Crippen LogP) is -0.619. The van der Waals surface area contributed by atoms with Crippen molar-refractivity contribution in [1.29, 1.82) is 0 Å². The molecule has 0 fully saturated rings. The first-order valence-electron chi connectivity index (χ1n) is 4.03. The van der Waals surface area contributed by atoms with E-state index < -0.39 is 43.9 Å². The number of hydrogen-bond donors (Lipinski definition) is 3. The van der Waals surface area contributed by atoms with Gasteiger partial charge in [-0.05, 0) is 0 Å². The zero-order chi connectivity index (χ0) is 12.9. The molecule has 0 spiro atoms. The Morgan fingerprint density at radius 1 is 1.12 bits per heavy atom. The van der Waals surface area contributed by atoms with E-state index in [1.165, 1.54) is 0 Å². The molecule has 0 saturated carbocycles. The van der Waals surface area contributed by atoms with Crippen molar-refractivity contribution in [3.8, 4) is 0 Å². The van der Waals surface area contributed by atoms with E-state index in [0.717, 1.165) is 0 Å². The Morgan fingerprint density at radius 2 is 1.50 bits per heavy atom. The van der Waals surface area contributed by atoms with Crippen LogP contribution < -0.4 is 0 Å². The fourth-order valence-electron chi connectivity index (χ4n) is 0.916. The average molecular weight is 245 g/mol. The number of halogens is 3. The quantitative estimate of drug-likeness (QED) is 0.577. The number of carbonyl (C=O) groups is 2. The smallest absolute Gasteiger partial charge is 0.415 e. The van der Waals surface area contributed by atoms with Crippen LogP contribution in [0.25, 0.3) is 0 Å². The van der Waals surface area contributed by atoms with Crippen molar-refractivity contribution in [1.82, 2.24) is 4.90 Å². The maximum absolute atomic E-state index is 11.9. The summed E-state index contributed by atoms with van der Waals surface area (Å²) in [6.07, 6.45) is -7.68. The van der Waals surface area contributed by atoms with Crippen LogP contribution in [0.2, 0.25) is 0 Å². The molecule has 94 valence electrons. The maximum atomic E-state index is 11.9. The Morgan fingerprint density at radius 3 is 1.75 bits per heavy atom. The molecule has 0 saturated heterocycles. The molecule has 6 nitrogen and oxygen atoms in total. The number of hydrogen-bond acceptors (Lipinski definition) is 4. The van der Waals surface area contributed by atoms with Gasteiger partial charge in [-0.15, -0.1) is 0 Å². The molecule has 1 atom stereocenters. The Balaban J connectivity index is 4.41. The van der Waals surface area contributed by atoms with E-state index in [1.807, 2.05) is 0 Å². The summed E-state index contributed by atoms with van der Waals surface area (Å²) in [7, 11) is 0. The van der Waals surface area contributed by atoms with Crippen molar-refractivity contribution >= 4 is 11.9 Å². The van der Waals surface area contributed by atoms with Gasteiger partial charge in [0.15, 0.2) is 6.10 Å². The number of rotatable bonds is 6. The number of aliphatic hydroxyl groups is 1. The molecule has 0 bridgehead atoms. The fourth-order valence-corrected chi connectivity index (χ4v) is 0.916. The molecule has 1 unspecified atom stereocenters. The number of carboxylic acids is 2. The van der Waals surface area contributed by atoms with Crippen LogP contribution in [0.15, 0.2) is 0 Å². The van der Waals surface area contributed by atoms with Gasteiger partial charge in [0.2, 0.25) is 0 Å². The van der Waals surface area contributed by atoms with Gasteiger partial charge in [0, 0.05) is 6.54 Å². The topological polar surface area (TPSA) is 98.1 Å². The first-order chi connectivity index (χ1) is 7.12. The summed E-state index contributed by atoms with van der Waals surface area (Å²) in [4.78, 5) is 20.9. The van der Waals surface area contributed by atoms with Crippen LogP contribution in [-0.4, -0.2) is 64.1 Å². The lowest BCUT2D eigenvalue weighted by molar-refractivity contribution is -0.209. The first-order valence-corrected chi connectivity index (χ1v) is 4.03. The molecule has 0 heterocycles. The summed E-state index contributed by atoms with van der Waals surface area (Å²) >= 11 is 0. The summed E-state index contributed by atoms with van der Waals surface area (Å²) in [6.45, 7) is -2.87. The highest BCUT2D eigenvalue weighted by Gasteiger charge is 2.39. The van der Waals surface area contributed by atoms with Crippen molar-refractivity contribution < 1.29 is 38.1 Å². The van der Waals surface area contributed by atoms with Gasteiger partial charge >= 0.3 is 18.1 Å². The third-order valence-corrected chi connectivity index (χ3v) is 1.53. The van der Waals surface area contributed by atoms with Crippen molar-refractivity contribution in [2.45, 2.75) is 12.3 Å². The van der Waals surface area contributed by atoms with Gasteiger partial charge in [-0.25, -0.2) is 0 Å². The zero-order valence-corrected chi connectivity index (χ0v) is 7.94. The molecule has 9 heteroatoms. The molecular weight excluding hydrogens is 235 g/mol. The van der Waals surface area contributed by atoms with E-state index >= 15 is 0 Å². The van der Waals surface area contributed by atoms with Crippen molar-refractivity contribution in [3.05, 3.63) is 0 Å². The molecule has 0 aliphatic carbocycles. The van der Waals surface area contributed by atoms with E-state index in [9.17, 15) is 22.8 Å². The van der Waals surface area contributed by atoms with Gasteiger partial charge in [-0.3, -0.25) is 14.5 Å². The summed E-state index contributed by atoms with van der Waals surface area (Å²) in [6, 6.07) is 0. The number of alkyl halides is 3. The third kappa shape index (κ3) is 6.19.